The van der Waals surface area contributed by atoms with Crippen LogP contribution in [-0.4, -0.2) is 49.7 Å². The van der Waals surface area contributed by atoms with Crippen LogP contribution < -0.4 is 5.32 Å². The van der Waals surface area contributed by atoms with Gasteiger partial charge in [-0.15, -0.1) is 0 Å². The van der Waals surface area contributed by atoms with Crippen LogP contribution in [-0.2, 0) is 14.3 Å². The van der Waals surface area contributed by atoms with Crippen molar-refractivity contribution in [2.45, 2.75) is 57.3 Å². The van der Waals surface area contributed by atoms with Crippen molar-refractivity contribution in [2.24, 2.45) is 0 Å². The SMILES string of the molecule is CCCOCC(=O)CCCC(=O)NCCC(F)(F)C(F)(F)C(F)F. The smallest absolute Gasteiger partial charge is 0.369 e. The second kappa shape index (κ2) is 10.5. The van der Waals surface area contributed by atoms with Gasteiger partial charge < -0.3 is 10.1 Å². The van der Waals surface area contributed by atoms with E-state index >= 15 is 0 Å². The molecule has 0 saturated heterocycles. The van der Waals surface area contributed by atoms with E-state index in [2.05, 4.69) is 0 Å². The van der Waals surface area contributed by atoms with E-state index in [0.717, 1.165) is 6.42 Å². The molecule has 0 aliphatic heterocycles. The molecular formula is C14H21F6NO3. The van der Waals surface area contributed by atoms with Crippen molar-refractivity contribution in [3.8, 4) is 0 Å². The van der Waals surface area contributed by atoms with Crippen molar-refractivity contribution in [3.63, 3.8) is 0 Å². The molecule has 10 heteroatoms. The molecule has 0 radical (unpaired) electrons. The van der Waals surface area contributed by atoms with Gasteiger partial charge in [-0.3, -0.25) is 9.59 Å². The van der Waals surface area contributed by atoms with Gasteiger partial charge in [-0.05, 0) is 12.8 Å². The summed E-state index contributed by atoms with van der Waals surface area (Å²) >= 11 is 0. The van der Waals surface area contributed by atoms with E-state index in [0.29, 0.717) is 6.61 Å². The zero-order valence-electron chi connectivity index (χ0n) is 13.2. The molecule has 0 aromatic rings. The summed E-state index contributed by atoms with van der Waals surface area (Å²) in [6, 6.07) is 0. The van der Waals surface area contributed by atoms with Crippen molar-refractivity contribution in [1.82, 2.24) is 5.32 Å². The summed E-state index contributed by atoms with van der Waals surface area (Å²) < 4.78 is 79.9. The van der Waals surface area contributed by atoms with Gasteiger partial charge in [0.2, 0.25) is 5.91 Å². The topological polar surface area (TPSA) is 55.4 Å². The lowest BCUT2D eigenvalue weighted by Gasteiger charge is -2.25. The van der Waals surface area contributed by atoms with E-state index in [1.54, 1.807) is 0 Å². The number of rotatable bonds is 13. The number of hydrogen-bond donors (Lipinski definition) is 1. The highest BCUT2D eigenvalue weighted by Gasteiger charge is 2.62. The zero-order chi connectivity index (χ0) is 18.8. The fourth-order valence-corrected chi connectivity index (χ4v) is 1.62. The first kappa shape index (κ1) is 22.7. The Hall–Kier alpha value is -1.32. The molecule has 0 aliphatic rings. The Kier molecular flexibility index (Phi) is 9.95. The second-order valence-corrected chi connectivity index (χ2v) is 5.17. The third-order valence-corrected chi connectivity index (χ3v) is 2.99. The van der Waals surface area contributed by atoms with E-state index in [1.165, 1.54) is 0 Å². The Labute approximate surface area is 135 Å². The first-order valence-corrected chi connectivity index (χ1v) is 7.44. The Morgan fingerprint density at radius 1 is 1.12 bits per heavy atom. The van der Waals surface area contributed by atoms with E-state index in [9.17, 15) is 35.9 Å². The number of nitrogens with one attached hydrogen (secondary N) is 1. The van der Waals surface area contributed by atoms with Crippen LogP contribution in [0.15, 0.2) is 0 Å². The van der Waals surface area contributed by atoms with E-state index < -0.39 is 37.1 Å². The van der Waals surface area contributed by atoms with Gasteiger partial charge in [0.15, 0.2) is 5.78 Å². The number of alkyl halides is 6. The van der Waals surface area contributed by atoms with Gasteiger partial charge in [0.25, 0.3) is 0 Å². The summed E-state index contributed by atoms with van der Waals surface area (Å²) in [4.78, 5) is 22.6. The lowest BCUT2D eigenvalue weighted by Crippen LogP contribution is -2.48. The molecule has 0 atom stereocenters. The van der Waals surface area contributed by atoms with Crippen molar-refractivity contribution in [1.29, 1.82) is 0 Å². The van der Waals surface area contributed by atoms with Gasteiger partial charge in [-0.1, -0.05) is 6.92 Å². The zero-order valence-corrected chi connectivity index (χ0v) is 13.2. The van der Waals surface area contributed by atoms with Gasteiger partial charge in [-0.2, -0.15) is 17.6 Å². The Bertz CT molecular complexity index is 404. The van der Waals surface area contributed by atoms with Crippen LogP contribution in [0.25, 0.3) is 0 Å². The van der Waals surface area contributed by atoms with E-state index in [1.807, 2.05) is 12.2 Å². The molecule has 0 fully saturated rings. The summed E-state index contributed by atoms with van der Waals surface area (Å²) in [5.41, 5.74) is 0. The molecule has 0 unspecified atom stereocenters. The number of carbonyl (C=O) groups is 2. The number of halogens is 6. The first-order valence-electron chi connectivity index (χ1n) is 7.44. The van der Waals surface area contributed by atoms with Crippen molar-refractivity contribution in [3.05, 3.63) is 0 Å². The van der Waals surface area contributed by atoms with Crippen molar-refractivity contribution >= 4 is 11.7 Å². The minimum absolute atomic E-state index is 0.0523. The van der Waals surface area contributed by atoms with Crippen LogP contribution >= 0.6 is 0 Å². The minimum Gasteiger partial charge on any atom is -0.374 e. The molecule has 0 aromatic heterocycles. The van der Waals surface area contributed by atoms with Gasteiger partial charge in [0, 0.05) is 32.4 Å². The van der Waals surface area contributed by atoms with Crippen LogP contribution in [0.3, 0.4) is 0 Å². The maximum absolute atomic E-state index is 13.0. The van der Waals surface area contributed by atoms with Crippen molar-refractivity contribution < 1.29 is 40.7 Å². The van der Waals surface area contributed by atoms with Gasteiger partial charge in [0.1, 0.15) is 6.61 Å². The number of carbonyl (C=O) groups excluding carboxylic acids is 2. The van der Waals surface area contributed by atoms with E-state index in [4.69, 9.17) is 4.74 Å². The standard InChI is InChI=1S/C14H21F6NO3/c1-2-8-24-9-10(22)4-3-5-11(23)21-7-6-13(17,18)14(19,20)12(15)16/h12H,2-9H2,1H3,(H,21,23). The summed E-state index contributed by atoms with van der Waals surface area (Å²) in [5.74, 6) is -11.3. The van der Waals surface area contributed by atoms with E-state index in [-0.39, 0.29) is 31.7 Å². The maximum atomic E-state index is 13.0. The number of amides is 1. The van der Waals surface area contributed by atoms with Crippen LogP contribution in [0.2, 0.25) is 0 Å². The maximum Gasteiger partial charge on any atom is 0.369 e. The highest BCUT2D eigenvalue weighted by atomic mass is 19.3. The Morgan fingerprint density at radius 3 is 2.29 bits per heavy atom. The normalized spacial score (nSPS) is 12.5. The predicted octanol–water partition coefficient (Wildman–Crippen LogP) is 3.19. The van der Waals surface area contributed by atoms with Crippen LogP contribution in [0.4, 0.5) is 26.3 Å². The Balaban J connectivity index is 3.97. The highest BCUT2D eigenvalue weighted by molar-refractivity contribution is 5.81. The van der Waals surface area contributed by atoms with Gasteiger partial charge >= 0.3 is 18.3 Å². The van der Waals surface area contributed by atoms with Crippen molar-refractivity contribution in [2.75, 3.05) is 19.8 Å². The lowest BCUT2D eigenvalue weighted by atomic mass is 10.1. The highest BCUT2D eigenvalue weighted by Crippen LogP contribution is 2.41. The third kappa shape index (κ3) is 7.98. The molecule has 0 aliphatic carbocycles. The molecule has 1 amide bonds. The third-order valence-electron chi connectivity index (χ3n) is 2.99. The van der Waals surface area contributed by atoms with Crippen LogP contribution in [0.1, 0.15) is 39.0 Å². The quantitative estimate of drug-likeness (QED) is 0.403. The molecule has 0 rings (SSSR count). The monoisotopic (exact) mass is 365 g/mol. The number of ether oxygens (including phenoxy) is 1. The average Bonchev–Trinajstić information content (AvgIpc) is 2.46. The molecule has 4 nitrogen and oxygen atoms in total. The molecule has 0 aromatic carbocycles. The largest absolute Gasteiger partial charge is 0.374 e. The predicted molar refractivity (Wildman–Crippen MR) is 73.5 cm³/mol. The molecule has 0 spiro atoms. The van der Waals surface area contributed by atoms with Gasteiger partial charge in [0.05, 0.1) is 0 Å². The van der Waals surface area contributed by atoms with Gasteiger partial charge in [-0.25, -0.2) is 8.78 Å². The molecule has 0 bridgehead atoms. The molecule has 1 N–H and O–H groups in total. The molecule has 142 valence electrons. The summed E-state index contributed by atoms with van der Waals surface area (Å²) in [6.07, 6.45) is -5.33. The van der Waals surface area contributed by atoms with Crippen LogP contribution in [0.5, 0.6) is 0 Å². The minimum atomic E-state index is -5.46. The van der Waals surface area contributed by atoms with Crippen LogP contribution in [0, 0.1) is 0 Å². The summed E-state index contributed by atoms with van der Waals surface area (Å²) in [5, 5.41) is 1.94. The molecule has 0 heterocycles. The lowest BCUT2D eigenvalue weighted by molar-refractivity contribution is -0.265. The first-order chi connectivity index (χ1) is 11.0. The Morgan fingerprint density at radius 2 is 1.75 bits per heavy atom. The summed E-state index contributed by atoms with van der Waals surface area (Å²) in [7, 11) is 0. The molecule has 24 heavy (non-hydrogen) atoms. The average molecular weight is 365 g/mol. The summed E-state index contributed by atoms with van der Waals surface area (Å²) in [6.45, 7) is 1.35. The molecule has 0 saturated carbocycles. The fourth-order valence-electron chi connectivity index (χ4n) is 1.62. The fraction of sp³-hybridized carbons (Fsp3) is 0.857. The second-order valence-electron chi connectivity index (χ2n) is 5.17. The molecular weight excluding hydrogens is 344 g/mol. The number of Topliss-reactive ketones (excluding diaryl/α,β-unsaturated/α-hetero) is 1. The number of hydrogen-bond acceptors (Lipinski definition) is 3. The number of ketones is 1.